The minimum Gasteiger partial charge on any atom is -0.429 e. The van der Waals surface area contributed by atoms with Crippen molar-refractivity contribution >= 4 is 6.16 Å². The molecule has 0 aromatic carbocycles. The molecular weight excluding hydrogens is 236 g/mol. The van der Waals surface area contributed by atoms with E-state index in [4.69, 9.17) is 14.7 Å². The number of carbonyl (C=O) groups is 1. The first-order valence-corrected chi connectivity index (χ1v) is 6.53. The molecule has 0 aromatic rings. The van der Waals surface area contributed by atoms with Gasteiger partial charge in [0, 0.05) is 5.92 Å². The maximum atomic E-state index is 11.5. The van der Waals surface area contributed by atoms with Crippen LogP contribution < -0.4 is 0 Å². The Balaban J connectivity index is 4.34. The molecule has 5 nitrogen and oxygen atoms in total. The van der Waals surface area contributed by atoms with E-state index in [1.54, 1.807) is 20.8 Å². The summed E-state index contributed by atoms with van der Waals surface area (Å²) in [5.74, 6) is -0.0255. The lowest BCUT2D eigenvalue weighted by molar-refractivity contribution is -0.350. The Kier molecular flexibility index (Phi) is 7.95. The van der Waals surface area contributed by atoms with Crippen LogP contribution in [0.1, 0.15) is 60.3 Å². The molecule has 0 aromatic heterocycles. The third kappa shape index (κ3) is 7.50. The van der Waals surface area contributed by atoms with Gasteiger partial charge in [-0.3, -0.25) is 0 Å². The molecule has 0 heterocycles. The van der Waals surface area contributed by atoms with Gasteiger partial charge < -0.3 is 9.47 Å². The number of hydrogen-bond donors (Lipinski definition) is 1. The van der Waals surface area contributed by atoms with Crippen molar-refractivity contribution in [2.24, 2.45) is 5.92 Å². The number of unbranched alkanes of at least 4 members (excludes halogenated alkanes) is 1. The third-order valence-corrected chi connectivity index (χ3v) is 2.54. The van der Waals surface area contributed by atoms with Gasteiger partial charge in [-0.1, -0.05) is 26.7 Å². The average molecular weight is 262 g/mol. The average Bonchev–Trinajstić information content (AvgIpc) is 2.25. The van der Waals surface area contributed by atoms with Crippen LogP contribution in [0.3, 0.4) is 0 Å². The van der Waals surface area contributed by atoms with E-state index in [1.807, 2.05) is 6.92 Å². The van der Waals surface area contributed by atoms with Gasteiger partial charge in [0.05, 0.1) is 0 Å². The van der Waals surface area contributed by atoms with Crippen LogP contribution in [0.5, 0.6) is 0 Å². The summed E-state index contributed by atoms with van der Waals surface area (Å²) >= 11 is 0. The van der Waals surface area contributed by atoms with Crippen molar-refractivity contribution < 1.29 is 24.4 Å². The van der Waals surface area contributed by atoms with Gasteiger partial charge in [0.15, 0.2) is 0 Å². The lowest BCUT2D eigenvalue weighted by atomic mass is 9.99. The van der Waals surface area contributed by atoms with Crippen LogP contribution in [0.15, 0.2) is 0 Å². The number of rotatable bonds is 7. The summed E-state index contributed by atoms with van der Waals surface area (Å²) in [7, 11) is 0. The fraction of sp³-hybridized carbons (Fsp3) is 0.923. The largest absolute Gasteiger partial charge is 0.511 e. The molecule has 0 rings (SSSR count). The third-order valence-electron chi connectivity index (χ3n) is 2.54. The van der Waals surface area contributed by atoms with Gasteiger partial charge in [-0.25, -0.2) is 10.1 Å². The van der Waals surface area contributed by atoms with Gasteiger partial charge in [-0.2, -0.15) is 4.89 Å². The van der Waals surface area contributed by atoms with E-state index in [9.17, 15) is 4.79 Å². The summed E-state index contributed by atoms with van der Waals surface area (Å²) in [5.41, 5.74) is -0.623. The smallest absolute Gasteiger partial charge is 0.429 e. The van der Waals surface area contributed by atoms with E-state index in [2.05, 4.69) is 11.8 Å². The van der Waals surface area contributed by atoms with Gasteiger partial charge in [0.2, 0.25) is 6.29 Å². The van der Waals surface area contributed by atoms with Gasteiger partial charge >= 0.3 is 6.16 Å². The Hall–Kier alpha value is -0.810. The summed E-state index contributed by atoms with van der Waals surface area (Å²) < 4.78 is 10.0. The maximum absolute atomic E-state index is 11.5. The Labute approximate surface area is 109 Å². The molecule has 0 fully saturated rings. The molecule has 0 saturated carbocycles. The minimum atomic E-state index is -0.962. The fourth-order valence-corrected chi connectivity index (χ4v) is 1.57. The molecule has 0 aliphatic carbocycles. The molecular formula is C13H26O5. The molecule has 0 saturated heterocycles. The molecule has 108 valence electrons. The molecule has 18 heavy (non-hydrogen) atoms. The molecule has 0 radical (unpaired) electrons. The van der Waals surface area contributed by atoms with Crippen molar-refractivity contribution in [3.8, 4) is 0 Å². The monoisotopic (exact) mass is 262 g/mol. The second-order valence-corrected chi connectivity index (χ2v) is 5.37. The fourth-order valence-electron chi connectivity index (χ4n) is 1.57. The Bertz CT molecular complexity index is 234. The lowest BCUT2D eigenvalue weighted by Gasteiger charge is -2.25. The molecule has 2 atom stereocenters. The Morgan fingerprint density at radius 2 is 1.89 bits per heavy atom. The van der Waals surface area contributed by atoms with Crippen molar-refractivity contribution in [3.05, 3.63) is 0 Å². The van der Waals surface area contributed by atoms with Crippen LogP contribution in [-0.4, -0.2) is 23.3 Å². The number of hydrogen-bond acceptors (Lipinski definition) is 5. The van der Waals surface area contributed by atoms with Crippen molar-refractivity contribution in [3.63, 3.8) is 0 Å². The van der Waals surface area contributed by atoms with Crippen molar-refractivity contribution in [2.45, 2.75) is 72.2 Å². The molecule has 0 aliphatic rings. The molecule has 5 heteroatoms. The quantitative estimate of drug-likeness (QED) is 0.325. The van der Waals surface area contributed by atoms with E-state index >= 15 is 0 Å². The van der Waals surface area contributed by atoms with Crippen LogP contribution in [0, 0.1) is 5.92 Å². The summed E-state index contributed by atoms with van der Waals surface area (Å²) in [6.07, 6.45) is 1.85. The summed E-state index contributed by atoms with van der Waals surface area (Å²) in [6, 6.07) is 0. The minimum absolute atomic E-state index is 0.0255. The highest BCUT2D eigenvalue weighted by molar-refractivity contribution is 5.60. The molecule has 2 unspecified atom stereocenters. The predicted octanol–water partition coefficient (Wildman–Crippen LogP) is 3.97. The van der Waals surface area contributed by atoms with Crippen molar-refractivity contribution in [1.82, 2.24) is 0 Å². The van der Waals surface area contributed by atoms with E-state index in [-0.39, 0.29) is 5.92 Å². The zero-order valence-corrected chi connectivity index (χ0v) is 12.1. The first-order valence-electron chi connectivity index (χ1n) is 6.53. The van der Waals surface area contributed by atoms with Gasteiger partial charge in [0.1, 0.15) is 5.60 Å². The number of carbonyl (C=O) groups excluding carboxylic acids is 1. The second kappa shape index (κ2) is 8.32. The van der Waals surface area contributed by atoms with Crippen LogP contribution in [0.25, 0.3) is 0 Å². The Morgan fingerprint density at radius 1 is 1.28 bits per heavy atom. The zero-order valence-electron chi connectivity index (χ0n) is 12.1. The van der Waals surface area contributed by atoms with Gasteiger partial charge in [0.25, 0.3) is 0 Å². The molecule has 0 amide bonds. The highest BCUT2D eigenvalue weighted by atomic mass is 17.1. The molecule has 0 bridgehead atoms. The normalized spacial score (nSPS) is 15.0. The maximum Gasteiger partial charge on any atom is 0.511 e. The van der Waals surface area contributed by atoms with E-state index in [0.29, 0.717) is 0 Å². The first-order chi connectivity index (χ1) is 8.34. The summed E-state index contributed by atoms with van der Waals surface area (Å²) in [6.45, 7) is 9.29. The number of ether oxygens (including phenoxy) is 2. The van der Waals surface area contributed by atoms with Crippen molar-refractivity contribution in [1.29, 1.82) is 0 Å². The highest BCUT2D eigenvalue weighted by Gasteiger charge is 2.27. The Morgan fingerprint density at radius 3 is 2.28 bits per heavy atom. The van der Waals surface area contributed by atoms with Crippen LogP contribution >= 0.6 is 0 Å². The predicted molar refractivity (Wildman–Crippen MR) is 68.1 cm³/mol. The van der Waals surface area contributed by atoms with E-state index in [1.165, 1.54) is 0 Å². The molecule has 0 aliphatic heterocycles. The first kappa shape index (κ1) is 17.2. The molecule has 1 N–H and O–H groups in total. The van der Waals surface area contributed by atoms with Crippen LogP contribution in [-0.2, 0) is 14.4 Å². The molecule has 0 spiro atoms. The van der Waals surface area contributed by atoms with Crippen LogP contribution in [0.4, 0.5) is 4.79 Å². The van der Waals surface area contributed by atoms with E-state index in [0.717, 1.165) is 25.7 Å². The second-order valence-electron chi connectivity index (χ2n) is 5.37. The van der Waals surface area contributed by atoms with Crippen molar-refractivity contribution in [2.75, 3.05) is 0 Å². The van der Waals surface area contributed by atoms with Gasteiger partial charge in [-0.05, 0) is 33.6 Å². The highest BCUT2D eigenvalue weighted by Crippen LogP contribution is 2.21. The standard InChI is InChI=1S/C13H26O5/c1-6-8-9-10(7-2)11(18-15)16-12(14)17-13(3,4)5/h10-11,15H,6-9H2,1-5H3. The topological polar surface area (TPSA) is 65.0 Å². The van der Waals surface area contributed by atoms with Crippen LogP contribution in [0.2, 0.25) is 0 Å². The summed E-state index contributed by atoms with van der Waals surface area (Å²) in [4.78, 5) is 15.7. The zero-order chi connectivity index (χ0) is 14.2. The van der Waals surface area contributed by atoms with E-state index < -0.39 is 18.0 Å². The summed E-state index contributed by atoms with van der Waals surface area (Å²) in [5, 5.41) is 8.84. The SMILES string of the molecule is CCCCC(CC)C(OO)OC(=O)OC(C)(C)C. The lowest BCUT2D eigenvalue weighted by Crippen LogP contribution is -2.32. The van der Waals surface area contributed by atoms with Gasteiger partial charge in [-0.15, -0.1) is 0 Å².